The first-order chi connectivity index (χ1) is 15.8. The molecule has 164 valence electrons. The van der Waals surface area contributed by atoms with E-state index in [0.717, 1.165) is 16.5 Å². The maximum atomic E-state index is 13.3. The lowest BCUT2D eigenvalue weighted by molar-refractivity contribution is -0.132. The van der Waals surface area contributed by atoms with E-state index in [2.05, 4.69) is 4.98 Å². The maximum absolute atomic E-state index is 13.3. The number of carbonyl (C=O) groups is 2. The highest BCUT2D eigenvalue weighted by atomic mass is 35.5. The number of aryl methyl sites for hydroxylation is 1. The second kappa shape index (κ2) is 8.10. The van der Waals surface area contributed by atoms with E-state index in [1.54, 1.807) is 24.4 Å². The molecule has 1 atom stereocenters. The number of amides is 1. The third-order valence-electron chi connectivity index (χ3n) is 5.77. The van der Waals surface area contributed by atoms with E-state index < -0.39 is 17.7 Å². The fraction of sp³-hybridized carbons (Fsp3) is 0.0769. The predicted octanol–water partition coefficient (Wildman–Crippen LogP) is 6.41. The number of aromatic amines is 1. The van der Waals surface area contributed by atoms with Crippen LogP contribution in [0.25, 0.3) is 16.7 Å². The van der Waals surface area contributed by atoms with Crippen LogP contribution in [0.5, 0.6) is 0 Å². The van der Waals surface area contributed by atoms with Gasteiger partial charge in [-0.1, -0.05) is 71.2 Å². The summed E-state index contributed by atoms with van der Waals surface area (Å²) in [6.07, 6.45) is 1.64. The van der Waals surface area contributed by atoms with Gasteiger partial charge < -0.3 is 10.1 Å². The number of carbonyl (C=O) groups excluding carboxylic acids is 2. The lowest BCUT2D eigenvalue weighted by atomic mass is 9.94. The first kappa shape index (κ1) is 21.3. The highest BCUT2D eigenvalue weighted by molar-refractivity contribution is 6.52. The second-order valence-electron chi connectivity index (χ2n) is 7.96. The molecule has 4 aromatic rings. The van der Waals surface area contributed by atoms with Crippen LogP contribution in [0, 0.1) is 6.92 Å². The van der Waals surface area contributed by atoms with E-state index in [0.29, 0.717) is 26.9 Å². The van der Waals surface area contributed by atoms with E-state index in [1.807, 2.05) is 55.5 Å². The van der Waals surface area contributed by atoms with Crippen LogP contribution in [0.4, 0.5) is 5.69 Å². The number of benzene rings is 3. The number of nitrogens with one attached hydrogen (secondary N) is 1. The summed E-state index contributed by atoms with van der Waals surface area (Å²) in [4.78, 5) is 31.0. The Morgan fingerprint density at radius 2 is 1.70 bits per heavy atom. The molecule has 1 aliphatic heterocycles. The zero-order valence-corrected chi connectivity index (χ0v) is 19.0. The van der Waals surface area contributed by atoms with Gasteiger partial charge in [-0.3, -0.25) is 14.5 Å². The molecule has 1 aromatic heterocycles. The molecule has 7 heteroatoms. The summed E-state index contributed by atoms with van der Waals surface area (Å²) in [5, 5.41) is 12.8. The second-order valence-corrected chi connectivity index (χ2v) is 8.83. The van der Waals surface area contributed by atoms with Gasteiger partial charge in [-0.25, -0.2) is 0 Å². The summed E-state index contributed by atoms with van der Waals surface area (Å²) < 4.78 is 0. The number of rotatable bonds is 3. The average molecular weight is 477 g/mol. The van der Waals surface area contributed by atoms with Crippen molar-refractivity contribution in [2.24, 2.45) is 0 Å². The van der Waals surface area contributed by atoms with E-state index >= 15 is 0 Å². The molecule has 5 rings (SSSR count). The SMILES string of the molecule is Cc1cccc(C2/C(=C(/O)c3c[nH]c4ccccc34)C(=O)C(=O)N2c2cc(Cl)cc(Cl)c2)c1. The van der Waals surface area contributed by atoms with Crippen molar-refractivity contribution in [3.8, 4) is 0 Å². The molecular formula is C26H18Cl2N2O3. The van der Waals surface area contributed by atoms with Gasteiger partial charge in [0.2, 0.25) is 0 Å². The Morgan fingerprint density at radius 1 is 0.970 bits per heavy atom. The fourth-order valence-electron chi connectivity index (χ4n) is 4.35. The number of anilines is 1. The van der Waals surface area contributed by atoms with Gasteiger partial charge in [-0.15, -0.1) is 0 Å². The van der Waals surface area contributed by atoms with Crippen molar-refractivity contribution in [2.75, 3.05) is 4.90 Å². The number of ketones is 1. The monoisotopic (exact) mass is 476 g/mol. The Kier molecular flexibility index (Phi) is 5.23. The Morgan fingerprint density at radius 3 is 2.42 bits per heavy atom. The molecule has 0 aliphatic carbocycles. The number of Topliss-reactive ketones (excluding diaryl/α,β-unsaturated/α-hetero) is 1. The molecule has 0 saturated carbocycles. The molecule has 0 radical (unpaired) electrons. The van der Waals surface area contributed by atoms with Crippen LogP contribution in [-0.4, -0.2) is 21.8 Å². The molecule has 0 spiro atoms. The van der Waals surface area contributed by atoms with Gasteiger partial charge in [-0.2, -0.15) is 0 Å². The molecule has 3 aromatic carbocycles. The zero-order chi connectivity index (χ0) is 23.3. The van der Waals surface area contributed by atoms with Gasteiger partial charge in [-0.05, 0) is 36.8 Å². The predicted molar refractivity (Wildman–Crippen MR) is 131 cm³/mol. The number of aromatic nitrogens is 1. The van der Waals surface area contributed by atoms with Gasteiger partial charge in [0.05, 0.1) is 11.6 Å². The van der Waals surface area contributed by atoms with Crippen LogP contribution in [0.2, 0.25) is 10.0 Å². The first-order valence-corrected chi connectivity index (χ1v) is 11.0. The van der Waals surface area contributed by atoms with Crippen molar-refractivity contribution in [3.05, 3.63) is 105 Å². The summed E-state index contributed by atoms with van der Waals surface area (Å²) in [6.45, 7) is 1.92. The van der Waals surface area contributed by atoms with Crippen molar-refractivity contribution in [2.45, 2.75) is 13.0 Å². The number of halogens is 2. The number of hydrogen-bond acceptors (Lipinski definition) is 3. The van der Waals surface area contributed by atoms with E-state index in [4.69, 9.17) is 23.2 Å². The van der Waals surface area contributed by atoms with Crippen LogP contribution in [0.15, 0.2) is 78.5 Å². The van der Waals surface area contributed by atoms with Gasteiger partial charge in [0.25, 0.3) is 11.7 Å². The van der Waals surface area contributed by atoms with Crippen LogP contribution in [0.3, 0.4) is 0 Å². The summed E-state index contributed by atoms with van der Waals surface area (Å²) >= 11 is 12.4. The number of aliphatic hydroxyl groups is 1. The standard InChI is InChI=1S/C26H18Cl2N2O3/c1-14-5-4-6-15(9-14)23-22(24(31)20-13-29-21-8-3-2-7-19(20)21)25(32)26(33)30(23)18-11-16(27)10-17(28)12-18/h2-13,23,29,31H,1H3/b24-22-. The van der Waals surface area contributed by atoms with Gasteiger partial charge in [0, 0.05) is 38.4 Å². The molecule has 5 nitrogen and oxygen atoms in total. The van der Waals surface area contributed by atoms with Crippen LogP contribution in [0.1, 0.15) is 22.7 Å². The molecule has 1 unspecified atom stereocenters. The highest BCUT2D eigenvalue weighted by Gasteiger charge is 2.47. The normalized spacial score (nSPS) is 17.8. The van der Waals surface area contributed by atoms with Gasteiger partial charge in [0.15, 0.2) is 0 Å². The lowest BCUT2D eigenvalue weighted by Gasteiger charge is -2.26. The first-order valence-electron chi connectivity index (χ1n) is 10.3. The minimum Gasteiger partial charge on any atom is -0.507 e. The van der Waals surface area contributed by atoms with E-state index in [1.165, 1.54) is 4.90 Å². The van der Waals surface area contributed by atoms with E-state index in [-0.39, 0.29) is 11.3 Å². The van der Waals surface area contributed by atoms with Gasteiger partial charge in [0.1, 0.15) is 5.76 Å². The van der Waals surface area contributed by atoms with Crippen molar-refractivity contribution >= 4 is 57.2 Å². The smallest absolute Gasteiger partial charge is 0.300 e. The number of para-hydroxylation sites is 1. The topological polar surface area (TPSA) is 73.4 Å². The molecule has 1 amide bonds. The molecule has 2 heterocycles. The fourth-order valence-corrected chi connectivity index (χ4v) is 4.86. The quantitative estimate of drug-likeness (QED) is 0.204. The van der Waals surface area contributed by atoms with Crippen molar-refractivity contribution in [1.82, 2.24) is 4.98 Å². The third kappa shape index (κ3) is 3.59. The molecule has 1 saturated heterocycles. The largest absolute Gasteiger partial charge is 0.507 e. The van der Waals surface area contributed by atoms with Crippen LogP contribution < -0.4 is 4.90 Å². The molecule has 33 heavy (non-hydrogen) atoms. The van der Waals surface area contributed by atoms with Crippen molar-refractivity contribution in [3.63, 3.8) is 0 Å². The molecule has 2 N–H and O–H groups in total. The summed E-state index contributed by atoms with van der Waals surface area (Å²) in [6, 6.07) is 18.8. The lowest BCUT2D eigenvalue weighted by Crippen LogP contribution is -2.29. The van der Waals surface area contributed by atoms with Crippen molar-refractivity contribution in [1.29, 1.82) is 0 Å². The molecule has 0 bridgehead atoms. The Balaban J connectivity index is 1.78. The minimum absolute atomic E-state index is 0.00597. The molecular weight excluding hydrogens is 459 g/mol. The highest BCUT2D eigenvalue weighted by Crippen LogP contribution is 2.44. The van der Waals surface area contributed by atoms with Crippen LogP contribution >= 0.6 is 23.2 Å². The number of aliphatic hydroxyl groups excluding tert-OH is 1. The Labute approximate surface area is 199 Å². The van der Waals surface area contributed by atoms with Crippen molar-refractivity contribution < 1.29 is 14.7 Å². The van der Waals surface area contributed by atoms with E-state index in [9.17, 15) is 14.7 Å². The third-order valence-corrected chi connectivity index (χ3v) is 6.21. The summed E-state index contributed by atoms with van der Waals surface area (Å²) in [7, 11) is 0. The minimum atomic E-state index is -0.854. The average Bonchev–Trinajstić information content (AvgIpc) is 3.32. The number of hydrogen-bond donors (Lipinski definition) is 2. The molecule has 1 fully saturated rings. The zero-order valence-electron chi connectivity index (χ0n) is 17.5. The number of nitrogens with zero attached hydrogens (tertiary/aromatic N) is 1. The summed E-state index contributed by atoms with van der Waals surface area (Å²) in [5.74, 6) is -1.78. The summed E-state index contributed by atoms with van der Waals surface area (Å²) in [5.41, 5.74) is 3.28. The molecule has 1 aliphatic rings. The maximum Gasteiger partial charge on any atom is 0.300 e. The van der Waals surface area contributed by atoms with Gasteiger partial charge >= 0.3 is 0 Å². The number of fused-ring (bicyclic) bond motifs is 1. The van der Waals surface area contributed by atoms with Crippen LogP contribution in [-0.2, 0) is 9.59 Å². The Bertz CT molecular complexity index is 1450. The number of H-pyrrole nitrogens is 1. The Hall–Kier alpha value is -3.54.